The Morgan fingerprint density at radius 2 is 1.83 bits per heavy atom. The SMILES string of the molecule is COC(=O)[C@@H]1C[C@@H]2c3ccccc3N(S(C)(=O)=O)[C@@H]2N1C(=O)OC. The molecule has 0 unspecified atom stereocenters. The first-order valence-corrected chi connectivity index (χ1v) is 9.18. The van der Waals surface area contributed by atoms with Crippen molar-refractivity contribution in [2.24, 2.45) is 0 Å². The van der Waals surface area contributed by atoms with Gasteiger partial charge in [0, 0.05) is 5.92 Å². The first-order valence-electron chi connectivity index (χ1n) is 7.33. The second-order valence-corrected chi connectivity index (χ2v) is 7.65. The molecule has 1 aromatic rings. The number of likely N-dealkylation sites (tertiary alicyclic amines) is 1. The highest BCUT2D eigenvalue weighted by atomic mass is 32.2. The average molecular weight is 354 g/mol. The molecule has 8 nitrogen and oxygen atoms in total. The number of carbonyl (C=O) groups is 2. The van der Waals surface area contributed by atoms with Crippen molar-refractivity contribution >= 4 is 27.8 Å². The Hall–Kier alpha value is -2.29. The fourth-order valence-corrected chi connectivity index (χ4v) is 4.79. The number of hydrogen-bond acceptors (Lipinski definition) is 6. The van der Waals surface area contributed by atoms with Gasteiger partial charge in [-0.25, -0.2) is 22.3 Å². The van der Waals surface area contributed by atoms with Crippen molar-refractivity contribution < 1.29 is 27.5 Å². The highest BCUT2D eigenvalue weighted by Crippen LogP contribution is 2.51. The van der Waals surface area contributed by atoms with E-state index < -0.39 is 34.3 Å². The summed E-state index contributed by atoms with van der Waals surface area (Å²) in [6.07, 6.45) is -0.254. The van der Waals surface area contributed by atoms with Gasteiger partial charge in [-0.3, -0.25) is 4.90 Å². The molecule has 2 aliphatic heterocycles. The Kier molecular flexibility index (Phi) is 3.90. The highest BCUT2D eigenvalue weighted by molar-refractivity contribution is 7.92. The molecule has 0 aromatic heterocycles. The van der Waals surface area contributed by atoms with Crippen LogP contribution in [0.3, 0.4) is 0 Å². The van der Waals surface area contributed by atoms with E-state index in [1.807, 2.05) is 6.07 Å². The second kappa shape index (κ2) is 5.66. The lowest BCUT2D eigenvalue weighted by Crippen LogP contribution is -2.53. The van der Waals surface area contributed by atoms with E-state index in [1.165, 1.54) is 18.5 Å². The molecular weight excluding hydrogens is 336 g/mol. The smallest absolute Gasteiger partial charge is 0.411 e. The summed E-state index contributed by atoms with van der Waals surface area (Å²) in [7, 11) is -1.25. The van der Waals surface area contributed by atoms with Crippen LogP contribution in [-0.2, 0) is 24.3 Å². The van der Waals surface area contributed by atoms with E-state index in [4.69, 9.17) is 9.47 Å². The minimum atomic E-state index is -3.67. The monoisotopic (exact) mass is 354 g/mol. The standard InChI is InChI=1S/C15H18N2O6S/c1-22-14(18)12-8-10-9-6-4-5-7-11(9)17(24(3,20)21)13(10)16(12)15(19)23-2/h4-7,10,12-13H,8H2,1-3H3/t10-,12+,13+/m1/s1. The number of anilines is 1. The third-order valence-corrected chi connectivity index (χ3v) is 5.62. The van der Waals surface area contributed by atoms with E-state index in [2.05, 4.69) is 0 Å². The zero-order chi connectivity index (χ0) is 17.6. The Bertz CT molecular complexity index is 793. The summed E-state index contributed by atoms with van der Waals surface area (Å²) < 4.78 is 35.5. The number of sulfonamides is 1. The van der Waals surface area contributed by atoms with Gasteiger partial charge in [-0.05, 0) is 18.1 Å². The van der Waals surface area contributed by atoms with Gasteiger partial charge in [0.15, 0.2) is 0 Å². The van der Waals surface area contributed by atoms with Crippen LogP contribution in [0.1, 0.15) is 17.9 Å². The summed E-state index contributed by atoms with van der Waals surface area (Å²) in [6, 6.07) is 6.15. The maximum Gasteiger partial charge on any atom is 0.411 e. The van der Waals surface area contributed by atoms with E-state index >= 15 is 0 Å². The molecular formula is C15H18N2O6S. The number of amides is 1. The van der Waals surface area contributed by atoms with Crippen molar-refractivity contribution in [3.8, 4) is 0 Å². The maximum absolute atomic E-state index is 12.4. The first-order chi connectivity index (χ1) is 11.3. The number of nitrogens with zero attached hydrogens (tertiary/aromatic N) is 2. The van der Waals surface area contributed by atoms with Crippen LogP contribution >= 0.6 is 0 Å². The lowest BCUT2D eigenvalue weighted by Gasteiger charge is -2.33. The fourth-order valence-electron chi connectivity index (χ4n) is 3.62. The molecule has 1 amide bonds. The van der Waals surface area contributed by atoms with Crippen LogP contribution in [0.5, 0.6) is 0 Å². The topological polar surface area (TPSA) is 93.2 Å². The first kappa shape index (κ1) is 16.6. The van der Waals surface area contributed by atoms with Gasteiger partial charge in [0.2, 0.25) is 10.0 Å². The van der Waals surface area contributed by atoms with Gasteiger partial charge in [0.25, 0.3) is 0 Å². The van der Waals surface area contributed by atoms with E-state index in [9.17, 15) is 18.0 Å². The van der Waals surface area contributed by atoms with Crippen molar-refractivity contribution in [2.75, 3.05) is 24.8 Å². The minimum absolute atomic E-state index is 0.273. The Morgan fingerprint density at radius 3 is 2.42 bits per heavy atom. The molecule has 2 heterocycles. The molecule has 1 fully saturated rings. The Balaban J connectivity index is 2.16. The molecule has 3 rings (SSSR count). The van der Waals surface area contributed by atoms with Crippen LogP contribution in [0, 0.1) is 0 Å². The number of rotatable bonds is 2. The van der Waals surface area contributed by atoms with Gasteiger partial charge in [-0.2, -0.15) is 0 Å². The summed E-state index contributed by atoms with van der Waals surface area (Å²) >= 11 is 0. The number of fused-ring (bicyclic) bond motifs is 3. The van der Waals surface area contributed by atoms with Crippen molar-refractivity contribution in [3.05, 3.63) is 29.8 Å². The molecule has 1 saturated heterocycles. The van der Waals surface area contributed by atoms with Crippen LogP contribution in [0.15, 0.2) is 24.3 Å². The van der Waals surface area contributed by atoms with E-state index in [-0.39, 0.29) is 12.3 Å². The normalized spacial score (nSPS) is 25.2. The predicted octanol–water partition coefficient (Wildman–Crippen LogP) is 0.890. The van der Waals surface area contributed by atoms with Gasteiger partial charge in [0.1, 0.15) is 12.2 Å². The largest absolute Gasteiger partial charge is 0.467 e. The number of methoxy groups -OCH3 is 2. The third-order valence-electron chi connectivity index (χ3n) is 4.49. The van der Waals surface area contributed by atoms with Gasteiger partial charge >= 0.3 is 12.1 Å². The lowest BCUT2D eigenvalue weighted by atomic mass is 9.96. The molecule has 0 spiro atoms. The van der Waals surface area contributed by atoms with Gasteiger partial charge in [-0.1, -0.05) is 18.2 Å². The van der Waals surface area contributed by atoms with Crippen LogP contribution in [0.2, 0.25) is 0 Å². The van der Waals surface area contributed by atoms with Crippen molar-refractivity contribution in [3.63, 3.8) is 0 Å². The molecule has 0 N–H and O–H groups in total. The van der Waals surface area contributed by atoms with Crippen LogP contribution in [-0.4, -0.2) is 58.1 Å². The van der Waals surface area contributed by atoms with E-state index in [0.717, 1.165) is 16.7 Å². The van der Waals surface area contributed by atoms with Crippen LogP contribution in [0.4, 0.5) is 10.5 Å². The Labute approximate surface area is 140 Å². The highest BCUT2D eigenvalue weighted by Gasteiger charge is 2.57. The average Bonchev–Trinajstić information content (AvgIpc) is 3.07. The molecule has 130 valence electrons. The zero-order valence-electron chi connectivity index (χ0n) is 13.5. The van der Waals surface area contributed by atoms with Crippen LogP contribution < -0.4 is 4.31 Å². The maximum atomic E-state index is 12.4. The number of carbonyl (C=O) groups excluding carboxylic acids is 2. The van der Waals surface area contributed by atoms with Crippen molar-refractivity contribution in [1.29, 1.82) is 0 Å². The molecule has 9 heteroatoms. The van der Waals surface area contributed by atoms with Crippen LogP contribution in [0.25, 0.3) is 0 Å². The number of hydrogen-bond donors (Lipinski definition) is 0. The summed E-state index contributed by atoms with van der Waals surface area (Å²) in [5.74, 6) is -0.917. The molecule has 1 aromatic carbocycles. The lowest BCUT2D eigenvalue weighted by molar-refractivity contribution is -0.145. The quantitative estimate of drug-likeness (QED) is 0.732. The second-order valence-electron chi connectivity index (χ2n) is 5.79. The molecule has 0 bridgehead atoms. The van der Waals surface area contributed by atoms with Crippen molar-refractivity contribution in [1.82, 2.24) is 4.90 Å². The molecule has 0 saturated carbocycles. The Morgan fingerprint density at radius 1 is 1.17 bits per heavy atom. The van der Waals surface area contributed by atoms with Gasteiger partial charge in [0.05, 0.1) is 26.2 Å². The van der Waals surface area contributed by atoms with Gasteiger partial charge < -0.3 is 9.47 Å². The summed E-state index contributed by atoms with van der Waals surface area (Å²) in [5, 5.41) is 0. The summed E-state index contributed by atoms with van der Waals surface area (Å²) in [4.78, 5) is 25.6. The third kappa shape index (κ3) is 2.31. The summed E-state index contributed by atoms with van der Waals surface area (Å²) in [6.45, 7) is 0. The number of benzene rings is 1. The predicted molar refractivity (Wildman–Crippen MR) is 85.0 cm³/mol. The number of ether oxygens (including phenoxy) is 2. The molecule has 0 radical (unpaired) electrons. The molecule has 2 aliphatic rings. The minimum Gasteiger partial charge on any atom is -0.467 e. The number of para-hydroxylation sites is 1. The zero-order valence-corrected chi connectivity index (χ0v) is 14.3. The van der Waals surface area contributed by atoms with Crippen molar-refractivity contribution in [2.45, 2.75) is 24.5 Å². The molecule has 0 aliphatic carbocycles. The van der Waals surface area contributed by atoms with E-state index in [0.29, 0.717) is 5.69 Å². The summed E-state index contributed by atoms with van der Waals surface area (Å²) in [5.41, 5.74) is 1.31. The molecule has 24 heavy (non-hydrogen) atoms. The number of esters is 1. The van der Waals surface area contributed by atoms with E-state index in [1.54, 1.807) is 18.2 Å². The molecule has 3 atom stereocenters. The van der Waals surface area contributed by atoms with Gasteiger partial charge in [-0.15, -0.1) is 0 Å². The fraction of sp³-hybridized carbons (Fsp3) is 0.467.